The number of nitrogens with one attached hydrogen (secondary N) is 2. The molecule has 1 aliphatic carbocycles. The molecule has 75 heavy (non-hydrogen) atoms. The Morgan fingerprint density at radius 1 is 0.880 bits per heavy atom. The molecule has 0 spiro atoms. The molecule has 6 aliphatic rings. The van der Waals surface area contributed by atoms with Crippen molar-refractivity contribution in [3.05, 3.63) is 117 Å². The number of halogens is 3. The molecule has 5 aromatic rings. The van der Waals surface area contributed by atoms with Crippen LogP contribution < -0.4 is 21.1 Å². The molecule has 1 saturated carbocycles. The van der Waals surface area contributed by atoms with Crippen LogP contribution in [0.25, 0.3) is 22.3 Å². The summed E-state index contributed by atoms with van der Waals surface area (Å²) in [6.45, 7) is 6.77. The lowest BCUT2D eigenvalue weighted by atomic mass is 9.90. The third kappa shape index (κ3) is 10.1. The van der Waals surface area contributed by atoms with Crippen LogP contribution in [-0.2, 0) is 29.6 Å². The Kier molecular flexibility index (Phi) is 13.8. The molecule has 2 unspecified atom stereocenters. The number of aromatic nitrogens is 3. The van der Waals surface area contributed by atoms with E-state index >= 15 is 8.78 Å². The SMILES string of the molecule is CNc1cc(=O)n(-c2ccnc3c2cc(CN2CC=C(c4c(F)cc(C(=O)N5CCC(CN6CCCC(Cc7ccc8c(c7)N(C7CC7)C(=O)/[N+]8=C\C7CCC(=O)NC7=O)C[C@@H]6C)CC5)cc4F)CC2)n3C)cc1F. The van der Waals surface area contributed by atoms with Gasteiger partial charge in [-0.05, 0) is 137 Å². The predicted molar refractivity (Wildman–Crippen MR) is 280 cm³/mol. The second-order valence-corrected chi connectivity index (χ2v) is 21.6. The minimum Gasteiger partial charge on any atom is -0.386 e. The first-order valence-corrected chi connectivity index (χ1v) is 26.6. The molecular weight excluding hydrogens is 962 g/mol. The van der Waals surface area contributed by atoms with E-state index < -0.39 is 23.4 Å². The van der Waals surface area contributed by atoms with Crippen molar-refractivity contribution in [1.82, 2.24) is 34.1 Å². The van der Waals surface area contributed by atoms with Gasteiger partial charge in [-0.2, -0.15) is 14.3 Å². The van der Waals surface area contributed by atoms with Gasteiger partial charge in [0.05, 0.1) is 29.7 Å². The van der Waals surface area contributed by atoms with Gasteiger partial charge in [0.1, 0.15) is 23.3 Å². The number of amides is 5. The van der Waals surface area contributed by atoms with Crippen LogP contribution in [0.4, 0.5) is 35.0 Å². The summed E-state index contributed by atoms with van der Waals surface area (Å²) in [7, 11) is 3.43. The zero-order valence-corrected chi connectivity index (χ0v) is 42.8. The van der Waals surface area contributed by atoms with E-state index in [1.54, 1.807) is 35.0 Å². The number of anilines is 2. The predicted octanol–water partition coefficient (Wildman–Crippen LogP) is 7.93. The number of likely N-dealkylation sites (tertiary alicyclic amines) is 2. The van der Waals surface area contributed by atoms with Gasteiger partial charge in [-0.25, -0.2) is 18.2 Å². The average molecular weight is 1030 g/mol. The molecule has 0 bridgehead atoms. The van der Waals surface area contributed by atoms with Gasteiger partial charge in [0.15, 0.2) is 17.2 Å². The quantitative estimate of drug-likeness (QED) is 0.0940. The second kappa shape index (κ2) is 20.7. The average Bonchev–Trinajstić information content (AvgIpc) is 4.16. The highest BCUT2D eigenvalue weighted by Gasteiger charge is 2.50. The Hall–Kier alpha value is -6.92. The maximum atomic E-state index is 15.9. The Bertz CT molecular complexity index is 3220. The van der Waals surface area contributed by atoms with E-state index in [-0.39, 0.29) is 58.6 Å². The van der Waals surface area contributed by atoms with Crippen LogP contribution >= 0.6 is 0 Å². The topological polar surface area (TPSA) is 148 Å². The summed E-state index contributed by atoms with van der Waals surface area (Å²) >= 11 is 0. The van der Waals surface area contributed by atoms with Gasteiger partial charge < -0.3 is 19.7 Å². The van der Waals surface area contributed by atoms with Gasteiger partial charge in [0, 0.05) is 100 Å². The number of hydrogen-bond donors (Lipinski definition) is 2. The van der Waals surface area contributed by atoms with E-state index in [1.807, 2.05) is 34.7 Å². The largest absolute Gasteiger partial charge is 0.503 e. The summed E-state index contributed by atoms with van der Waals surface area (Å²) in [5.41, 5.74) is 5.12. The molecule has 3 saturated heterocycles. The Morgan fingerprint density at radius 2 is 1.67 bits per heavy atom. The smallest absolute Gasteiger partial charge is 0.386 e. The molecule has 4 fully saturated rings. The van der Waals surface area contributed by atoms with Crippen LogP contribution in [-0.4, -0.2) is 122 Å². The highest BCUT2D eigenvalue weighted by Crippen LogP contribution is 2.44. The van der Waals surface area contributed by atoms with Crippen LogP contribution in [0.2, 0.25) is 0 Å². The van der Waals surface area contributed by atoms with Crippen LogP contribution in [0.15, 0.2) is 71.8 Å². The van der Waals surface area contributed by atoms with Crippen molar-refractivity contribution in [2.45, 2.75) is 96.2 Å². The van der Waals surface area contributed by atoms with Crippen LogP contribution in [0, 0.1) is 35.2 Å². The molecule has 8 heterocycles. The number of benzene rings is 2. The van der Waals surface area contributed by atoms with Crippen LogP contribution in [0.1, 0.15) is 98.3 Å². The van der Waals surface area contributed by atoms with E-state index in [1.165, 1.54) is 34.5 Å². The summed E-state index contributed by atoms with van der Waals surface area (Å²) < 4.78 is 51.4. The fourth-order valence-corrected chi connectivity index (χ4v) is 12.3. The van der Waals surface area contributed by atoms with Gasteiger partial charge in [0.2, 0.25) is 11.8 Å². The summed E-state index contributed by atoms with van der Waals surface area (Å²) in [5.74, 6) is -2.72. The first-order chi connectivity index (χ1) is 36.2. The van der Waals surface area contributed by atoms with Crippen molar-refractivity contribution in [1.29, 1.82) is 0 Å². The maximum absolute atomic E-state index is 15.9. The van der Waals surface area contributed by atoms with E-state index in [0.717, 1.165) is 81.5 Å². The summed E-state index contributed by atoms with van der Waals surface area (Å²) in [4.78, 5) is 77.7. The molecule has 15 nitrogen and oxygen atoms in total. The van der Waals surface area contributed by atoms with E-state index in [0.29, 0.717) is 85.7 Å². The van der Waals surface area contributed by atoms with Gasteiger partial charge in [-0.15, -0.1) is 0 Å². The first kappa shape index (κ1) is 50.2. The monoisotopic (exact) mass is 1030 g/mol. The molecule has 3 aromatic heterocycles. The van der Waals surface area contributed by atoms with Gasteiger partial charge in [-0.1, -0.05) is 12.1 Å². The van der Waals surface area contributed by atoms with Crippen molar-refractivity contribution in [2.24, 2.45) is 24.8 Å². The second-order valence-electron chi connectivity index (χ2n) is 21.6. The minimum absolute atomic E-state index is 0.0160. The lowest BCUT2D eigenvalue weighted by molar-refractivity contribution is -0.319. The van der Waals surface area contributed by atoms with Crippen molar-refractivity contribution >= 4 is 63.6 Å². The van der Waals surface area contributed by atoms with E-state index in [4.69, 9.17) is 0 Å². The Morgan fingerprint density at radius 3 is 2.39 bits per heavy atom. The van der Waals surface area contributed by atoms with Crippen molar-refractivity contribution in [2.75, 3.05) is 56.5 Å². The van der Waals surface area contributed by atoms with Crippen molar-refractivity contribution in [3.8, 4) is 5.69 Å². The number of piperidine rings is 2. The van der Waals surface area contributed by atoms with E-state index in [2.05, 4.69) is 44.5 Å². The third-order valence-electron chi connectivity index (χ3n) is 16.6. The molecule has 0 radical (unpaired) electrons. The standard InChI is InChI=1S/C57H63F3N10O5/c1-34-23-36(24-37-6-10-49-50(25-37)70(41-8-9-41)57(75)69(49)31-39-7-11-51(71)63-55(39)73)5-4-18-67(34)30-35-13-21-66(22-14-35)56(74)40-26-44(58)53(45(59)27-40)38-15-19-65(20-16-38)32-42-28-43-48(12-17-62-54(43)64(42)3)68-33-46(60)47(61-2)29-52(68)72/h6,10,12,15,17,25-29,31,33-36,39,41H,4-5,7-9,11,13-14,16,18-24,30,32H2,1-3H3,(H-,61,63,71,72,73)/p+1/b69-31-/t34-,36?,39?/m0/s1. The molecular formula is C57H64F3N10O5+. The van der Waals surface area contributed by atoms with Gasteiger partial charge in [-0.3, -0.25) is 34.0 Å². The molecule has 2 N–H and O–H groups in total. The summed E-state index contributed by atoms with van der Waals surface area (Å²) in [5, 5.41) is 5.78. The summed E-state index contributed by atoms with van der Waals surface area (Å²) in [6.07, 6.45) is 15.0. The first-order valence-electron chi connectivity index (χ1n) is 26.6. The molecule has 5 amide bonds. The number of carbonyl (C=O) groups excluding carboxylic acids is 4. The number of nitrogens with zero attached hydrogens (tertiary/aromatic N) is 8. The number of carbonyl (C=O) groups is 4. The number of hydrogen-bond acceptors (Lipinski definition) is 9. The van der Waals surface area contributed by atoms with Gasteiger partial charge >= 0.3 is 6.03 Å². The fraction of sp³-hybridized carbons (Fsp3) is 0.456. The number of pyridine rings is 2. The normalized spacial score (nSPS) is 22.7. The molecule has 18 heteroatoms. The number of aryl methyl sites for hydroxylation is 1. The number of fused-ring (bicyclic) bond motifs is 2. The third-order valence-corrected chi connectivity index (χ3v) is 16.6. The fourth-order valence-electron chi connectivity index (χ4n) is 12.3. The van der Waals surface area contributed by atoms with Crippen molar-refractivity contribution < 1.29 is 36.9 Å². The van der Waals surface area contributed by atoms with Crippen molar-refractivity contribution in [3.63, 3.8) is 0 Å². The minimum atomic E-state index is -0.748. The highest BCUT2D eigenvalue weighted by molar-refractivity contribution is 6.07. The molecule has 3 atom stereocenters. The maximum Gasteiger partial charge on any atom is 0.503 e. The molecule has 11 rings (SSSR count). The van der Waals surface area contributed by atoms with Crippen LogP contribution in [0.3, 0.4) is 0 Å². The lowest BCUT2D eigenvalue weighted by Gasteiger charge is -2.37. The molecule has 2 aromatic carbocycles. The summed E-state index contributed by atoms with van der Waals surface area (Å²) in [6, 6.07) is 13.9. The zero-order valence-electron chi connectivity index (χ0n) is 42.8. The Balaban J connectivity index is 0.674. The van der Waals surface area contributed by atoms with Crippen LogP contribution in [0.5, 0.6) is 0 Å². The highest BCUT2D eigenvalue weighted by atomic mass is 19.1. The molecule has 5 aliphatic heterocycles. The molecule has 392 valence electrons. The lowest BCUT2D eigenvalue weighted by Crippen LogP contribution is -2.43. The number of rotatable bonds is 12. The van der Waals surface area contributed by atoms with Gasteiger partial charge in [0.25, 0.3) is 11.5 Å². The zero-order chi connectivity index (χ0) is 52.2. The number of urea groups is 1. The Labute approximate surface area is 433 Å². The van der Waals surface area contributed by atoms with E-state index in [9.17, 15) is 28.4 Å². The number of imide groups is 1.